The van der Waals surface area contributed by atoms with Crippen LogP contribution in [0, 0.1) is 5.82 Å². The van der Waals surface area contributed by atoms with Gasteiger partial charge in [-0.2, -0.15) is 0 Å². The van der Waals surface area contributed by atoms with Crippen molar-refractivity contribution in [2.45, 2.75) is 0 Å². The Balaban J connectivity index is 2.18. The summed E-state index contributed by atoms with van der Waals surface area (Å²) in [5.41, 5.74) is 1.90. The zero-order valence-corrected chi connectivity index (χ0v) is 12.7. The fourth-order valence-corrected chi connectivity index (χ4v) is 2.91. The smallest absolute Gasteiger partial charge is 0.344 e. The molecule has 0 aliphatic carbocycles. The molecule has 116 valence electrons. The lowest BCUT2D eigenvalue weighted by atomic mass is 9.95. The van der Waals surface area contributed by atoms with E-state index in [4.69, 9.17) is 4.42 Å². The SMILES string of the molecule is O=c1oc(-c2ccccc2)c(-c2ccccc2)c2cc(F)ccc12. The molecule has 0 spiro atoms. The predicted molar refractivity (Wildman–Crippen MR) is 93.3 cm³/mol. The largest absolute Gasteiger partial charge is 0.422 e. The quantitative estimate of drug-likeness (QED) is 0.504. The van der Waals surface area contributed by atoms with E-state index in [1.54, 1.807) is 0 Å². The normalized spacial score (nSPS) is 10.9. The molecule has 0 saturated carbocycles. The van der Waals surface area contributed by atoms with Crippen molar-refractivity contribution in [3.63, 3.8) is 0 Å². The molecule has 2 nitrogen and oxygen atoms in total. The van der Waals surface area contributed by atoms with E-state index in [9.17, 15) is 9.18 Å². The molecular weight excluding hydrogens is 303 g/mol. The second-order valence-electron chi connectivity index (χ2n) is 5.52. The summed E-state index contributed by atoms with van der Waals surface area (Å²) in [6.45, 7) is 0. The number of rotatable bonds is 2. The van der Waals surface area contributed by atoms with Crippen molar-refractivity contribution in [3.05, 3.63) is 95.1 Å². The third-order valence-electron chi connectivity index (χ3n) is 3.99. The number of halogens is 1. The number of benzene rings is 3. The Morgan fingerprint density at radius 1 is 0.708 bits per heavy atom. The molecule has 1 aromatic heterocycles. The molecule has 4 aromatic rings. The third kappa shape index (κ3) is 2.40. The van der Waals surface area contributed by atoms with Crippen LogP contribution >= 0.6 is 0 Å². The molecular formula is C21H13FO2. The molecule has 0 bridgehead atoms. The molecule has 0 aliphatic rings. The summed E-state index contributed by atoms with van der Waals surface area (Å²) in [5.74, 6) is 0.0641. The van der Waals surface area contributed by atoms with Gasteiger partial charge in [0.15, 0.2) is 0 Å². The van der Waals surface area contributed by atoms with Gasteiger partial charge in [0.05, 0.1) is 5.39 Å². The highest BCUT2D eigenvalue weighted by atomic mass is 19.1. The van der Waals surface area contributed by atoms with Crippen LogP contribution in [0.25, 0.3) is 33.2 Å². The first-order valence-electron chi connectivity index (χ1n) is 7.61. The topological polar surface area (TPSA) is 30.2 Å². The summed E-state index contributed by atoms with van der Waals surface area (Å²) in [6, 6.07) is 23.1. The van der Waals surface area contributed by atoms with E-state index < -0.39 is 5.63 Å². The highest BCUT2D eigenvalue weighted by Crippen LogP contribution is 2.36. The van der Waals surface area contributed by atoms with Crippen molar-refractivity contribution < 1.29 is 8.81 Å². The zero-order chi connectivity index (χ0) is 16.5. The van der Waals surface area contributed by atoms with Gasteiger partial charge >= 0.3 is 5.63 Å². The van der Waals surface area contributed by atoms with Crippen molar-refractivity contribution in [2.24, 2.45) is 0 Å². The van der Waals surface area contributed by atoms with Crippen LogP contribution in [0.15, 0.2) is 88.1 Å². The lowest BCUT2D eigenvalue weighted by molar-refractivity contribution is 0.536. The molecule has 0 saturated heterocycles. The maximum atomic E-state index is 13.9. The van der Waals surface area contributed by atoms with Crippen LogP contribution in [0.5, 0.6) is 0 Å². The summed E-state index contributed by atoms with van der Waals surface area (Å²) in [4.78, 5) is 12.4. The zero-order valence-electron chi connectivity index (χ0n) is 12.7. The van der Waals surface area contributed by atoms with Crippen LogP contribution in [0.1, 0.15) is 0 Å². The van der Waals surface area contributed by atoms with Gasteiger partial charge in [-0.1, -0.05) is 60.7 Å². The molecule has 3 heteroatoms. The van der Waals surface area contributed by atoms with E-state index in [0.29, 0.717) is 16.5 Å². The number of hydrogen-bond donors (Lipinski definition) is 0. The Labute approximate surface area is 137 Å². The number of fused-ring (bicyclic) bond motifs is 1. The third-order valence-corrected chi connectivity index (χ3v) is 3.99. The lowest BCUT2D eigenvalue weighted by Crippen LogP contribution is -2.03. The molecule has 0 radical (unpaired) electrons. The minimum atomic E-state index is -0.469. The van der Waals surface area contributed by atoms with Crippen LogP contribution in [0.4, 0.5) is 4.39 Å². The van der Waals surface area contributed by atoms with Gasteiger partial charge < -0.3 is 4.42 Å². The van der Waals surface area contributed by atoms with Crippen molar-refractivity contribution in [1.82, 2.24) is 0 Å². The molecule has 0 atom stereocenters. The van der Waals surface area contributed by atoms with E-state index in [1.165, 1.54) is 18.2 Å². The summed E-state index contributed by atoms with van der Waals surface area (Å²) in [7, 11) is 0. The summed E-state index contributed by atoms with van der Waals surface area (Å²) < 4.78 is 19.5. The Bertz CT molecular complexity index is 1070. The summed E-state index contributed by atoms with van der Waals surface area (Å²) >= 11 is 0. The molecule has 4 rings (SSSR count). The van der Waals surface area contributed by atoms with Gasteiger partial charge in [-0.3, -0.25) is 0 Å². The van der Waals surface area contributed by atoms with Crippen LogP contribution in [-0.2, 0) is 0 Å². The average Bonchev–Trinajstić information content (AvgIpc) is 2.63. The Morgan fingerprint density at radius 3 is 2.00 bits per heavy atom. The van der Waals surface area contributed by atoms with Crippen LogP contribution in [-0.4, -0.2) is 0 Å². The molecule has 1 heterocycles. The highest BCUT2D eigenvalue weighted by Gasteiger charge is 2.17. The fraction of sp³-hybridized carbons (Fsp3) is 0. The molecule has 0 amide bonds. The predicted octanol–water partition coefficient (Wildman–Crippen LogP) is 5.27. The standard InChI is InChI=1S/C21H13FO2/c22-16-11-12-17-18(13-16)19(14-7-3-1-4-8-14)20(24-21(17)23)15-9-5-2-6-10-15/h1-13H. The Kier molecular flexibility index (Phi) is 3.47. The van der Waals surface area contributed by atoms with E-state index in [2.05, 4.69) is 0 Å². The van der Waals surface area contributed by atoms with E-state index in [-0.39, 0.29) is 5.82 Å². The van der Waals surface area contributed by atoms with Gasteiger partial charge in [0.2, 0.25) is 0 Å². The fourth-order valence-electron chi connectivity index (χ4n) is 2.91. The first-order valence-corrected chi connectivity index (χ1v) is 7.61. The molecule has 3 aromatic carbocycles. The van der Waals surface area contributed by atoms with Gasteiger partial charge in [0.1, 0.15) is 11.6 Å². The van der Waals surface area contributed by atoms with Gasteiger partial charge in [0.25, 0.3) is 0 Å². The first kappa shape index (κ1) is 14.4. The Hall–Kier alpha value is -3.20. The molecule has 24 heavy (non-hydrogen) atoms. The molecule has 0 N–H and O–H groups in total. The van der Waals surface area contributed by atoms with Crippen molar-refractivity contribution in [2.75, 3.05) is 0 Å². The summed E-state index contributed by atoms with van der Waals surface area (Å²) in [6.07, 6.45) is 0. The lowest BCUT2D eigenvalue weighted by Gasteiger charge is -2.12. The maximum absolute atomic E-state index is 13.9. The first-order chi connectivity index (χ1) is 11.7. The second kappa shape index (κ2) is 5.78. The highest BCUT2D eigenvalue weighted by molar-refractivity contribution is 6.01. The van der Waals surface area contributed by atoms with Gasteiger partial charge in [0, 0.05) is 16.5 Å². The number of hydrogen-bond acceptors (Lipinski definition) is 2. The minimum Gasteiger partial charge on any atom is -0.422 e. The summed E-state index contributed by atoms with van der Waals surface area (Å²) in [5, 5.41) is 0.922. The van der Waals surface area contributed by atoms with E-state index >= 15 is 0 Å². The second-order valence-corrected chi connectivity index (χ2v) is 5.52. The van der Waals surface area contributed by atoms with Gasteiger partial charge in [-0.25, -0.2) is 9.18 Å². The average molecular weight is 316 g/mol. The minimum absolute atomic E-state index is 0.370. The molecule has 0 fully saturated rings. The van der Waals surface area contributed by atoms with Crippen LogP contribution in [0.2, 0.25) is 0 Å². The van der Waals surface area contributed by atoms with Crippen molar-refractivity contribution in [3.8, 4) is 22.5 Å². The van der Waals surface area contributed by atoms with Gasteiger partial charge in [-0.15, -0.1) is 0 Å². The molecule has 0 aliphatic heterocycles. The molecule has 0 unspecified atom stereocenters. The van der Waals surface area contributed by atoms with E-state index in [1.807, 2.05) is 60.7 Å². The maximum Gasteiger partial charge on any atom is 0.344 e. The Morgan fingerprint density at radius 2 is 1.33 bits per heavy atom. The van der Waals surface area contributed by atoms with Gasteiger partial charge in [-0.05, 0) is 23.8 Å². The monoisotopic (exact) mass is 316 g/mol. The van der Waals surface area contributed by atoms with Crippen molar-refractivity contribution in [1.29, 1.82) is 0 Å². The van der Waals surface area contributed by atoms with Crippen LogP contribution in [0.3, 0.4) is 0 Å². The van der Waals surface area contributed by atoms with Crippen LogP contribution < -0.4 is 5.63 Å². The van der Waals surface area contributed by atoms with Crippen molar-refractivity contribution >= 4 is 10.8 Å². The van der Waals surface area contributed by atoms with E-state index in [0.717, 1.165) is 16.7 Å².